The minimum atomic E-state index is -4.94. The van der Waals surface area contributed by atoms with Gasteiger partial charge in [-0.15, -0.1) is 0 Å². The number of hydrogen-bond donors (Lipinski definition) is 3. The Morgan fingerprint density at radius 2 is 0.476 bits per heavy atom. The van der Waals surface area contributed by atoms with E-state index < -0.39 is 97.5 Å². The number of rotatable bonds is 66. The molecule has 0 aliphatic carbocycles. The fraction of sp³-hybridized carbons (Fsp3) is 0.938. The third kappa shape index (κ3) is 59.0. The molecule has 0 saturated heterocycles. The minimum absolute atomic E-state index is 0.104. The van der Waals surface area contributed by atoms with E-state index in [1.165, 1.54) is 154 Å². The summed E-state index contributed by atoms with van der Waals surface area (Å²) in [5.74, 6) is -2.14. The largest absolute Gasteiger partial charge is 0.472 e. The first-order chi connectivity index (χ1) is 40.7. The maximum Gasteiger partial charge on any atom is 0.472 e. The molecule has 0 amide bonds. The average molecular weight is 1240 g/mol. The van der Waals surface area contributed by atoms with Crippen LogP contribution in [0.5, 0.6) is 0 Å². The van der Waals surface area contributed by atoms with E-state index in [2.05, 4.69) is 27.7 Å². The van der Waals surface area contributed by atoms with E-state index in [-0.39, 0.29) is 25.7 Å². The van der Waals surface area contributed by atoms with Crippen LogP contribution in [0.1, 0.15) is 336 Å². The zero-order valence-corrected chi connectivity index (χ0v) is 55.7. The second-order valence-corrected chi connectivity index (χ2v) is 26.4. The molecule has 498 valence electrons. The number of phosphoric ester groups is 2. The standard InChI is InChI=1S/C65H126O17P2/c1-5-9-13-17-20-23-25-27-28-29-30-31-33-35-37-40-44-48-52-65(70)82-61(56-76-63(68)50-46-42-39-36-34-32-26-24-21-18-14-10-6-2)58-80-84(73,74)78-54-59(66)53-77-83(71,72)79-57-60(55-75-62(67)49-45-41-16-12-8-4)81-64(69)51-47-43-38-22-19-15-11-7-3/h59-61,66H,5-58H2,1-4H3,(H,71,72)(H,73,74)/t59-,60+,61+/m0/s1. The SMILES string of the molecule is CCCCCCCCCCCCCCCCCCCCC(=O)O[C@H](COC(=O)CCCCCCCCCCCCCCC)COP(=O)(O)OC[C@@H](O)COP(=O)(O)OC[C@@H](COC(=O)CCCCCCC)OC(=O)CCCCCCCCCC. The third-order valence-electron chi connectivity index (χ3n) is 15.1. The lowest BCUT2D eigenvalue weighted by atomic mass is 10.0. The summed E-state index contributed by atoms with van der Waals surface area (Å²) >= 11 is 0. The van der Waals surface area contributed by atoms with Gasteiger partial charge in [-0.1, -0.05) is 285 Å². The highest BCUT2D eigenvalue weighted by molar-refractivity contribution is 7.47. The molecule has 0 bridgehead atoms. The van der Waals surface area contributed by atoms with Gasteiger partial charge in [-0.2, -0.15) is 0 Å². The molecule has 19 heteroatoms. The number of phosphoric acid groups is 2. The lowest BCUT2D eigenvalue weighted by Gasteiger charge is -2.21. The van der Waals surface area contributed by atoms with Gasteiger partial charge >= 0.3 is 39.5 Å². The van der Waals surface area contributed by atoms with Gasteiger partial charge in [0.15, 0.2) is 12.2 Å². The highest BCUT2D eigenvalue weighted by Crippen LogP contribution is 2.45. The van der Waals surface area contributed by atoms with Gasteiger partial charge in [0.05, 0.1) is 26.4 Å². The molecular weight excluding hydrogens is 1110 g/mol. The highest BCUT2D eigenvalue weighted by atomic mass is 31.2. The van der Waals surface area contributed by atoms with E-state index in [1.54, 1.807) is 0 Å². The van der Waals surface area contributed by atoms with Crippen LogP contribution in [-0.4, -0.2) is 96.7 Å². The van der Waals surface area contributed by atoms with Crippen LogP contribution in [0, 0.1) is 0 Å². The van der Waals surface area contributed by atoms with Gasteiger partial charge in [-0.3, -0.25) is 37.3 Å². The van der Waals surface area contributed by atoms with E-state index in [4.69, 9.17) is 37.0 Å². The molecule has 0 spiro atoms. The Morgan fingerprint density at radius 1 is 0.286 bits per heavy atom. The Morgan fingerprint density at radius 3 is 0.702 bits per heavy atom. The first-order valence-electron chi connectivity index (χ1n) is 34.3. The van der Waals surface area contributed by atoms with Crippen LogP contribution in [0.2, 0.25) is 0 Å². The van der Waals surface area contributed by atoms with Crippen molar-refractivity contribution in [2.24, 2.45) is 0 Å². The Bertz CT molecular complexity index is 1620. The molecule has 0 aliphatic rings. The minimum Gasteiger partial charge on any atom is -0.462 e. The lowest BCUT2D eigenvalue weighted by Crippen LogP contribution is -2.30. The van der Waals surface area contributed by atoms with Crippen molar-refractivity contribution in [2.45, 2.75) is 354 Å². The normalized spacial score (nSPS) is 14.1. The molecule has 0 radical (unpaired) electrons. The van der Waals surface area contributed by atoms with Crippen LogP contribution in [0.3, 0.4) is 0 Å². The van der Waals surface area contributed by atoms with Crippen LogP contribution >= 0.6 is 15.6 Å². The molecule has 0 aliphatic heterocycles. The van der Waals surface area contributed by atoms with Gasteiger partial charge in [0.2, 0.25) is 0 Å². The van der Waals surface area contributed by atoms with Crippen LogP contribution in [0.25, 0.3) is 0 Å². The van der Waals surface area contributed by atoms with Crippen LogP contribution in [0.15, 0.2) is 0 Å². The predicted molar refractivity (Wildman–Crippen MR) is 335 cm³/mol. The highest BCUT2D eigenvalue weighted by Gasteiger charge is 2.30. The van der Waals surface area contributed by atoms with Crippen molar-refractivity contribution in [1.82, 2.24) is 0 Å². The number of esters is 4. The molecule has 0 aromatic carbocycles. The molecule has 0 rings (SSSR count). The number of carbonyl (C=O) groups is 4. The van der Waals surface area contributed by atoms with Crippen molar-refractivity contribution < 1.29 is 80.2 Å². The molecule has 3 N–H and O–H groups in total. The zero-order chi connectivity index (χ0) is 61.9. The third-order valence-corrected chi connectivity index (χ3v) is 17.0. The van der Waals surface area contributed by atoms with E-state index in [1.807, 2.05) is 0 Å². The molecule has 0 saturated carbocycles. The van der Waals surface area contributed by atoms with Crippen molar-refractivity contribution >= 4 is 39.5 Å². The van der Waals surface area contributed by atoms with Gasteiger partial charge < -0.3 is 33.8 Å². The molecule has 0 fully saturated rings. The first-order valence-corrected chi connectivity index (χ1v) is 37.3. The fourth-order valence-corrected chi connectivity index (χ4v) is 11.4. The summed E-state index contributed by atoms with van der Waals surface area (Å²) in [5, 5.41) is 10.5. The molecule has 2 unspecified atom stereocenters. The quantitative estimate of drug-likeness (QED) is 0.0222. The Hall–Kier alpha value is -1.94. The predicted octanol–water partition coefficient (Wildman–Crippen LogP) is 18.3. The summed E-state index contributed by atoms with van der Waals surface area (Å²) < 4.78 is 67.8. The van der Waals surface area contributed by atoms with E-state index >= 15 is 0 Å². The molecule has 5 atom stereocenters. The van der Waals surface area contributed by atoms with Gasteiger partial charge in [0.1, 0.15) is 19.3 Å². The Balaban J connectivity index is 5.13. The van der Waals surface area contributed by atoms with E-state index in [9.17, 15) is 43.2 Å². The number of aliphatic hydroxyl groups excluding tert-OH is 1. The molecule has 0 aromatic rings. The van der Waals surface area contributed by atoms with Crippen LogP contribution in [-0.2, 0) is 65.4 Å². The Labute approximate surface area is 511 Å². The van der Waals surface area contributed by atoms with Crippen molar-refractivity contribution in [1.29, 1.82) is 0 Å². The molecule has 17 nitrogen and oxygen atoms in total. The number of carbonyl (C=O) groups excluding carboxylic acids is 4. The number of aliphatic hydroxyl groups is 1. The summed E-state index contributed by atoms with van der Waals surface area (Å²) in [7, 11) is -9.87. The number of unbranched alkanes of at least 4 members (excludes halogenated alkanes) is 40. The second-order valence-electron chi connectivity index (χ2n) is 23.5. The summed E-state index contributed by atoms with van der Waals surface area (Å²) in [6.45, 7) is 4.79. The fourth-order valence-electron chi connectivity index (χ4n) is 9.81. The molecule has 0 heterocycles. The van der Waals surface area contributed by atoms with E-state index in [0.29, 0.717) is 25.7 Å². The number of ether oxygens (including phenoxy) is 4. The maximum absolute atomic E-state index is 13.0. The van der Waals surface area contributed by atoms with Crippen molar-refractivity contribution in [3.05, 3.63) is 0 Å². The summed E-state index contributed by atoms with van der Waals surface area (Å²) in [5.41, 5.74) is 0. The van der Waals surface area contributed by atoms with Gasteiger partial charge in [-0.05, 0) is 25.7 Å². The summed E-state index contributed by atoms with van der Waals surface area (Å²) in [6.07, 6.45) is 46.3. The van der Waals surface area contributed by atoms with Crippen LogP contribution in [0.4, 0.5) is 0 Å². The molecule has 84 heavy (non-hydrogen) atoms. The topological polar surface area (TPSA) is 237 Å². The summed E-state index contributed by atoms with van der Waals surface area (Å²) in [4.78, 5) is 71.9. The molecule has 0 aromatic heterocycles. The Kier molecular flexibility index (Phi) is 58.6. The van der Waals surface area contributed by atoms with Crippen molar-refractivity contribution in [3.63, 3.8) is 0 Å². The van der Waals surface area contributed by atoms with Gasteiger partial charge in [0, 0.05) is 25.7 Å². The summed E-state index contributed by atoms with van der Waals surface area (Å²) in [6, 6.07) is 0. The molecular formula is C65H126O17P2. The monoisotopic (exact) mass is 1240 g/mol. The number of hydrogen-bond acceptors (Lipinski definition) is 15. The van der Waals surface area contributed by atoms with Gasteiger partial charge in [0.25, 0.3) is 0 Å². The smallest absolute Gasteiger partial charge is 0.462 e. The van der Waals surface area contributed by atoms with Crippen LogP contribution < -0.4 is 0 Å². The van der Waals surface area contributed by atoms with E-state index in [0.717, 1.165) is 103 Å². The van der Waals surface area contributed by atoms with Crippen molar-refractivity contribution in [3.8, 4) is 0 Å². The second kappa shape index (κ2) is 60.0. The lowest BCUT2D eigenvalue weighted by molar-refractivity contribution is -0.161. The first kappa shape index (κ1) is 82.1. The van der Waals surface area contributed by atoms with Gasteiger partial charge in [-0.25, -0.2) is 9.13 Å². The van der Waals surface area contributed by atoms with Crippen molar-refractivity contribution in [2.75, 3.05) is 39.6 Å². The zero-order valence-electron chi connectivity index (χ0n) is 53.9. The average Bonchev–Trinajstić information content (AvgIpc) is 3.57. The maximum atomic E-state index is 13.0.